The summed E-state index contributed by atoms with van der Waals surface area (Å²) in [5.41, 5.74) is 1.46. The minimum atomic E-state index is -0.821. The van der Waals surface area contributed by atoms with E-state index in [-0.39, 0.29) is 24.0 Å². The topological polar surface area (TPSA) is 36.9 Å². The standard InChI is InChI=1S/C19H23F2N3O.HI/c1-22-19(23-12-11-15-5-4-6-17(20)18(15)21)24(2)13-14-7-9-16(25-3)10-8-14;/h4-10H,11-13H2,1-3H3,(H,22,23);1H. The molecular formula is C19H24F2IN3O. The molecule has 7 heteroatoms. The van der Waals surface area contributed by atoms with E-state index in [1.54, 1.807) is 20.2 Å². The first-order valence-electron chi connectivity index (χ1n) is 8.02. The van der Waals surface area contributed by atoms with E-state index in [2.05, 4.69) is 10.3 Å². The van der Waals surface area contributed by atoms with Crippen LogP contribution in [0.1, 0.15) is 11.1 Å². The second-order valence-corrected chi connectivity index (χ2v) is 5.64. The van der Waals surface area contributed by atoms with Crippen molar-refractivity contribution in [1.82, 2.24) is 10.2 Å². The lowest BCUT2D eigenvalue weighted by Gasteiger charge is -2.22. The van der Waals surface area contributed by atoms with Gasteiger partial charge in [0, 0.05) is 27.2 Å². The zero-order valence-corrected chi connectivity index (χ0v) is 17.5. The molecule has 0 spiro atoms. The Balaban J connectivity index is 0.00000338. The van der Waals surface area contributed by atoms with Gasteiger partial charge in [-0.05, 0) is 35.7 Å². The first-order chi connectivity index (χ1) is 12.0. The third-order valence-corrected chi connectivity index (χ3v) is 3.86. The Morgan fingerprint density at radius 3 is 2.46 bits per heavy atom. The highest BCUT2D eigenvalue weighted by molar-refractivity contribution is 14.0. The maximum atomic E-state index is 13.7. The number of nitrogens with zero attached hydrogens (tertiary/aromatic N) is 2. The molecule has 0 atom stereocenters. The molecule has 0 saturated carbocycles. The molecule has 0 aromatic heterocycles. The molecule has 2 aromatic rings. The quantitative estimate of drug-likeness (QED) is 0.392. The van der Waals surface area contributed by atoms with E-state index in [0.29, 0.717) is 31.0 Å². The molecule has 0 heterocycles. The Morgan fingerprint density at radius 1 is 1.15 bits per heavy atom. The van der Waals surface area contributed by atoms with Gasteiger partial charge in [0.25, 0.3) is 0 Å². The summed E-state index contributed by atoms with van der Waals surface area (Å²) in [4.78, 5) is 6.19. The zero-order chi connectivity index (χ0) is 18.2. The number of nitrogens with one attached hydrogen (secondary N) is 1. The Kier molecular flexibility index (Phi) is 9.32. The van der Waals surface area contributed by atoms with Gasteiger partial charge in [-0.2, -0.15) is 0 Å². The number of hydrogen-bond acceptors (Lipinski definition) is 2. The van der Waals surface area contributed by atoms with Crippen LogP contribution < -0.4 is 10.1 Å². The largest absolute Gasteiger partial charge is 0.497 e. The van der Waals surface area contributed by atoms with Gasteiger partial charge in [0.05, 0.1) is 7.11 Å². The van der Waals surface area contributed by atoms with Crippen molar-refractivity contribution in [3.8, 4) is 5.75 Å². The Hall–Kier alpha value is -1.90. The molecule has 0 aliphatic heterocycles. The lowest BCUT2D eigenvalue weighted by Crippen LogP contribution is -2.39. The van der Waals surface area contributed by atoms with Crippen LogP contribution >= 0.6 is 24.0 Å². The maximum absolute atomic E-state index is 13.7. The number of guanidine groups is 1. The molecule has 142 valence electrons. The van der Waals surface area contributed by atoms with Gasteiger partial charge >= 0.3 is 0 Å². The minimum Gasteiger partial charge on any atom is -0.497 e. The normalized spacial score (nSPS) is 10.9. The molecule has 0 radical (unpaired) electrons. The second-order valence-electron chi connectivity index (χ2n) is 5.64. The smallest absolute Gasteiger partial charge is 0.193 e. The summed E-state index contributed by atoms with van der Waals surface area (Å²) in [7, 11) is 5.24. The van der Waals surface area contributed by atoms with E-state index >= 15 is 0 Å². The van der Waals surface area contributed by atoms with Gasteiger partial charge in [0.1, 0.15) is 5.75 Å². The van der Waals surface area contributed by atoms with Crippen molar-refractivity contribution < 1.29 is 13.5 Å². The number of hydrogen-bond donors (Lipinski definition) is 1. The molecule has 1 N–H and O–H groups in total. The number of ether oxygens (including phenoxy) is 1. The molecule has 26 heavy (non-hydrogen) atoms. The summed E-state index contributed by atoms with van der Waals surface area (Å²) in [5, 5.41) is 3.17. The fourth-order valence-electron chi connectivity index (χ4n) is 2.51. The van der Waals surface area contributed by atoms with Crippen molar-refractivity contribution in [2.24, 2.45) is 4.99 Å². The molecule has 0 fully saturated rings. The number of halogens is 3. The van der Waals surface area contributed by atoms with Gasteiger partial charge in [0.2, 0.25) is 0 Å². The number of aliphatic imine (C=N–C) groups is 1. The first-order valence-corrected chi connectivity index (χ1v) is 8.02. The molecule has 2 rings (SSSR count). The monoisotopic (exact) mass is 475 g/mol. The molecule has 4 nitrogen and oxygen atoms in total. The Bertz CT molecular complexity index is 723. The molecular weight excluding hydrogens is 451 g/mol. The molecule has 0 bridgehead atoms. The molecule has 0 aliphatic rings. The maximum Gasteiger partial charge on any atom is 0.193 e. The zero-order valence-electron chi connectivity index (χ0n) is 15.1. The first kappa shape index (κ1) is 22.1. The highest BCUT2D eigenvalue weighted by atomic mass is 127. The van der Waals surface area contributed by atoms with E-state index in [9.17, 15) is 8.78 Å². The predicted octanol–water partition coefficient (Wildman–Crippen LogP) is 3.84. The van der Waals surface area contributed by atoms with Crippen LogP contribution in [0.15, 0.2) is 47.5 Å². The average Bonchev–Trinajstić information content (AvgIpc) is 2.62. The number of benzene rings is 2. The number of methoxy groups -OCH3 is 1. The van der Waals surface area contributed by atoms with Gasteiger partial charge < -0.3 is 15.0 Å². The summed E-state index contributed by atoms with van der Waals surface area (Å²) in [6, 6.07) is 12.0. The lowest BCUT2D eigenvalue weighted by atomic mass is 10.1. The summed E-state index contributed by atoms with van der Waals surface area (Å²) in [6.45, 7) is 1.12. The molecule has 0 aliphatic carbocycles. The third-order valence-electron chi connectivity index (χ3n) is 3.86. The van der Waals surface area contributed by atoms with Crippen molar-refractivity contribution in [3.05, 3.63) is 65.2 Å². The minimum absolute atomic E-state index is 0. The summed E-state index contributed by atoms with van der Waals surface area (Å²) >= 11 is 0. The van der Waals surface area contributed by atoms with Crippen LogP contribution in [0, 0.1) is 11.6 Å². The molecule has 0 unspecified atom stereocenters. The van der Waals surface area contributed by atoms with E-state index in [1.807, 2.05) is 36.2 Å². The highest BCUT2D eigenvalue weighted by Gasteiger charge is 2.09. The summed E-state index contributed by atoms with van der Waals surface area (Å²) in [6.07, 6.45) is 0.374. The average molecular weight is 475 g/mol. The van der Waals surface area contributed by atoms with Crippen LogP contribution in [0.4, 0.5) is 8.78 Å². The Morgan fingerprint density at radius 2 is 1.85 bits per heavy atom. The van der Waals surface area contributed by atoms with E-state index in [4.69, 9.17) is 4.74 Å². The lowest BCUT2D eigenvalue weighted by molar-refractivity contribution is 0.414. The fraction of sp³-hybridized carbons (Fsp3) is 0.316. The van der Waals surface area contributed by atoms with Crippen molar-refractivity contribution >= 4 is 29.9 Å². The third kappa shape index (κ3) is 6.12. The van der Waals surface area contributed by atoms with Crippen LogP contribution in [0.25, 0.3) is 0 Å². The van der Waals surface area contributed by atoms with Gasteiger partial charge in [-0.15, -0.1) is 24.0 Å². The van der Waals surface area contributed by atoms with E-state index < -0.39 is 11.6 Å². The van der Waals surface area contributed by atoms with Crippen molar-refractivity contribution in [3.63, 3.8) is 0 Å². The van der Waals surface area contributed by atoms with E-state index in [0.717, 1.165) is 17.4 Å². The van der Waals surface area contributed by atoms with Crippen LogP contribution in [-0.4, -0.2) is 38.6 Å². The highest BCUT2D eigenvalue weighted by Crippen LogP contribution is 2.13. The fourth-order valence-corrected chi connectivity index (χ4v) is 2.51. The predicted molar refractivity (Wildman–Crippen MR) is 111 cm³/mol. The van der Waals surface area contributed by atoms with E-state index in [1.165, 1.54) is 6.07 Å². The van der Waals surface area contributed by atoms with Gasteiger partial charge in [-0.1, -0.05) is 24.3 Å². The SMILES string of the molecule is CN=C(NCCc1cccc(F)c1F)N(C)Cc1ccc(OC)cc1.I. The van der Waals surface area contributed by atoms with Crippen LogP contribution in [0.3, 0.4) is 0 Å². The summed E-state index contributed by atoms with van der Waals surface area (Å²) < 4.78 is 32.0. The van der Waals surface area contributed by atoms with Gasteiger partial charge in [0.15, 0.2) is 17.6 Å². The van der Waals surface area contributed by atoms with Crippen molar-refractivity contribution in [2.45, 2.75) is 13.0 Å². The van der Waals surface area contributed by atoms with Gasteiger partial charge in [-0.3, -0.25) is 4.99 Å². The summed E-state index contributed by atoms with van der Waals surface area (Å²) in [5.74, 6) is -0.108. The van der Waals surface area contributed by atoms with Crippen molar-refractivity contribution in [2.75, 3.05) is 27.7 Å². The molecule has 2 aromatic carbocycles. The Labute approximate surface area is 170 Å². The van der Waals surface area contributed by atoms with Crippen LogP contribution in [-0.2, 0) is 13.0 Å². The van der Waals surface area contributed by atoms with Gasteiger partial charge in [-0.25, -0.2) is 8.78 Å². The van der Waals surface area contributed by atoms with Crippen LogP contribution in [0.5, 0.6) is 5.75 Å². The molecule has 0 amide bonds. The van der Waals surface area contributed by atoms with Crippen LogP contribution in [0.2, 0.25) is 0 Å². The van der Waals surface area contributed by atoms with Crippen molar-refractivity contribution in [1.29, 1.82) is 0 Å². The second kappa shape index (κ2) is 10.9. The number of rotatable bonds is 6. The molecule has 0 saturated heterocycles.